The molecule has 0 aliphatic carbocycles. The van der Waals surface area contributed by atoms with Crippen molar-refractivity contribution < 1.29 is 17.8 Å². The van der Waals surface area contributed by atoms with Crippen LogP contribution in [0.5, 0.6) is 0 Å². The molecule has 0 spiro atoms. The van der Waals surface area contributed by atoms with Crippen LogP contribution in [-0.2, 0) is 27.8 Å². The van der Waals surface area contributed by atoms with Crippen molar-refractivity contribution in [2.75, 3.05) is 37.3 Å². The molecule has 7 heteroatoms. The van der Waals surface area contributed by atoms with Gasteiger partial charge in [0.2, 0.25) is 5.91 Å². The Balaban J connectivity index is 1.72. The number of rotatable bonds is 4. The number of carbonyl (C=O) groups excluding carboxylic acids is 1. The highest BCUT2D eigenvalue weighted by Crippen LogP contribution is 2.29. The molecule has 6 nitrogen and oxygen atoms in total. The zero-order valence-electron chi connectivity index (χ0n) is 13.9. The summed E-state index contributed by atoms with van der Waals surface area (Å²) in [4.78, 5) is 16.4. The van der Waals surface area contributed by atoms with Crippen LogP contribution in [0.1, 0.15) is 24.0 Å². The summed E-state index contributed by atoms with van der Waals surface area (Å²) in [5, 5.41) is 0. The summed E-state index contributed by atoms with van der Waals surface area (Å²) in [7, 11) is -1.85. The predicted molar refractivity (Wildman–Crippen MR) is 92.8 cm³/mol. The Morgan fingerprint density at radius 1 is 1.21 bits per heavy atom. The maximum Gasteiger partial charge on any atom is 0.264 e. The molecule has 1 saturated heterocycles. The van der Waals surface area contributed by atoms with Crippen molar-refractivity contribution in [1.29, 1.82) is 0 Å². The second kappa shape index (κ2) is 6.82. The Hall–Kier alpha value is -1.44. The third kappa shape index (κ3) is 4.15. The number of carbonyl (C=O) groups is 1. The minimum atomic E-state index is -3.97. The van der Waals surface area contributed by atoms with Crippen LogP contribution in [0.15, 0.2) is 18.2 Å². The van der Waals surface area contributed by atoms with E-state index in [-0.39, 0.29) is 17.6 Å². The molecular weight excluding hydrogens is 328 g/mol. The quantitative estimate of drug-likeness (QED) is 0.828. The number of anilines is 1. The summed E-state index contributed by atoms with van der Waals surface area (Å²) in [6.07, 6.45) is 2.66. The van der Waals surface area contributed by atoms with Crippen LogP contribution in [0.4, 0.5) is 5.69 Å². The molecule has 1 fully saturated rings. The SMILES string of the molecule is CN1CCc2ccc(N3CC(CCS(=O)(=O)O)CC3=O)cc2CC1. The highest BCUT2D eigenvalue weighted by Gasteiger charge is 2.31. The number of likely N-dealkylation sites (N-methyl/N-ethyl adjacent to an activating group) is 1. The van der Waals surface area contributed by atoms with E-state index in [0.29, 0.717) is 19.4 Å². The van der Waals surface area contributed by atoms with Crippen LogP contribution < -0.4 is 4.90 Å². The van der Waals surface area contributed by atoms with Crippen molar-refractivity contribution in [3.8, 4) is 0 Å². The van der Waals surface area contributed by atoms with Crippen LogP contribution in [-0.4, -0.2) is 56.2 Å². The first-order chi connectivity index (χ1) is 11.3. The number of hydrogen-bond donors (Lipinski definition) is 1. The van der Waals surface area contributed by atoms with Gasteiger partial charge in [-0.25, -0.2) is 0 Å². The van der Waals surface area contributed by atoms with Gasteiger partial charge in [0.05, 0.1) is 5.75 Å². The number of nitrogens with zero attached hydrogens (tertiary/aromatic N) is 2. The average Bonchev–Trinajstić information content (AvgIpc) is 2.79. The molecular formula is C17H24N2O4S. The van der Waals surface area contributed by atoms with E-state index in [4.69, 9.17) is 4.55 Å². The molecule has 0 saturated carbocycles. The standard InChI is InChI=1S/C17H24N2O4S/c1-18-7-4-14-2-3-16(11-15(14)5-8-18)19-12-13(10-17(19)20)6-9-24(21,22)23/h2-3,11,13H,4-10,12H2,1H3,(H,21,22,23). The summed E-state index contributed by atoms with van der Waals surface area (Å²) >= 11 is 0. The van der Waals surface area contributed by atoms with E-state index in [0.717, 1.165) is 31.6 Å². The monoisotopic (exact) mass is 352 g/mol. The third-order valence-electron chi connectivity index (χ3n) is 5.02. The van der Waals surface area contributed by atoms with Gasteiger partial charge in [-0.15, -0.1) is 0 Å². The molecule has 1 atom stereocenters. The van der Waals surface area contributed by atoms with Gasteiger partial charge in [0.15, 0.2) is 0 Å². The van der Waals surface area contributed by atoms with Crippen molar-refractivity contribution in [2.24, 2.45) is 5.92 Å². The summed E-state index contributed by atoms with van der Waals surface area (Å²) in [6.45, 7) is 2.58. The highest BCUT2D eigenvalue weighted by atomic mass is 32.2. The van der Waals surface area contributed by atoms with E-state index >= 15 is 0 Å². The van der Waals surface area contributed by atoms with Gasteiger partial charge in [-0.3, -0.25) is 9.35 Å². The number of amides is 1. The van der Waals surface area contributed by atoms with Gasteiger partial charge >= 0.3 is 0 Å². The molecule has 0 bridgehead atoms. The fourth-order valence-electron chi connectivity index (χ4n) is 3.53. The molecule has 24 heavy (non-hydrogen) atoms. The summed E-state index contributed by atoms with van der Waals surface area (Å²) in [6, 6.07) is 6.22. The van der Waals surface area contributed by atoms with Crippen molar-refractivity contribution in [1.82, 2.24) is 4.90 Å². The number of fused-ring (bicyclic) bond motifs is 1. The van der Waals surface area contributed by atoms with Gasteiger partial charge in [-0.2, -0.15) is 8.42 Å². The van der Waals surface area contributed by atoms with E-state index in [1.54, 1.807) is 4.90 Å². The summed E-state index contributed by atoms with van der Waals surface area (Å²) in [5.41, 5.74) is 3.54. The van der Waals surface area contributed by atoms with E-state index in [2.05, 4.69) is 24.1 Å². The molecule has 2 aliphatic heterocycles. The zero-order chi connectivity index (χ0) is 17.3. The second-order valence-corrected chi connectivity index (χ2v) is 8.48. The Morgan fingerprint density at radius 3 is 2.62 bits per heavy atom. The normalized spacial score (nSPS) is 22.5. The van der Waals surface area contributed by atoms with Crippen molar-refractivity contribution in [3.05, 3.63) is 29.3 Å². The minimum absolute atomic E-state index is 0.0237. The van der Waals surface area contributed by atoms with Gasteiger partial charge in [-0.05, 0) is 55.5 Å². The second-order valence-electron chi connectivity index (χ2n) is 6.91. The fourth-order valence-corrected chi connectivity index (χ4v) is 4.16. The van der Waals surface area contributed by atoms with Gasteiger partial charge < -0.3 is 9.80 Å². The number of hydrogen-bond acceptors (Lipinski definition) is 4. The molecule has 1 N–H and O–H groups in total. The first-order valence-electron chi connectivity index (χ1n) is 8.38. The van der Waals surface area contributed by atoms with Crippen LogP contribution in [0.2, 0.25) is 0 Å². The molecule has 2 aliphatic rings. The Kier molecular flexibility index (Phi) is 4.94. The Labute approximate surface area is 143 Å². The van der Waals surface area contributed by atoms with E-state index in [9.17, 15) is 13.2 Å². The first-order valence-corrected chi connectivity index (χ1v) is 9.98. The summed E-state index contributed by atoms with van der Waals surface area (Å²) < 4.78 is 30.7. The lowest BCUT2D eigenvalue weighted by Crippen LogP contribution is -2.25. The van der Waals surface area contributed by atoms with Crippen molar-refractivity contribution in [3.63, 3.8) is 0 Å². The Bertz CT molecular complexity index is 732. The summed E-state index contributed by atoms with van der Waals surface area (Å²) in [5.74, 6) is -0.277. The predicted octanol–water partition coefficient (Wildman–Crippen LogP) is 1.35. The minimum Gasteiger partial charge on any atom is -0.312 e. The van der Waals surface area contributed by atoms with Gasteiger partial charge in [-0.1, -0.05) is 6.07 Å². The maximum absolute atomic E-state index is 12.3. The zero-order valence-corrected chi connectivity index (χ0v) is 14.8. The molecule has 0 aromatic heterocycles. The highest BCUT2D eigenvalue weighted by molar-refractivity contribution is 7.85. The molecule has 132 valence electrons. The van der Waals surface area contributed by atoms with Crippen LogP contribution >= 0.6 is 0 Å². The smallest absolute Gasteiger partial charge is 0.264 e. The third-order valence-corrected chi connectivity index (χ3v) is 5.77. The first kappa shape index (κ1) is 17.4. The van der Waals surface area contributed by atoms with E-state index < -0.39 is 10.1 Å². The van der Waals surface area contributed by atoms with Gasteiger partial charge in [0, 0.05) is 31.7 Å². The lowest BCUT2D eigenvalue weighted by atomic mass is 10.0. The fraction of sp³-hybridized carbons (Fsp3) is 0.588. The lowest BCUT2D eigenvalue weighted by Gasteiger charge is -2.19. The molecule has 1 unspecified atom stereocenters. The molecule has 3 rings (SSSR count). The van der Waals surface area contributed by atoms with Crippen molar-refractivity contribution >= 4 is 21.7 Å². The molecule has 0 radical (unpaired) electrons. The molecule has 2 heterocycles. The molecule has 1 amide bonds. The molecule has 1 aromatic rings. The topological polar surface area (TPSA) is 77.9 Å². The van der Waals surface area contributed by atoms with Gasteiger partial charge in [0.1, 0.15) is 0 Å². The van der Waals surface area contributed by atoms with Crippen LogP contribution in [0, 0.1) is 5.92 Å². The molecule has 1 aromatic carbocycles. The van der Waals surface area contributed by atoms with E-state index in [1.807, 2.05) is 6.07 Å². The lowest BCUT2D eigenvalue weighted by molar-refractivity contribution is -0.117. The maximum atomic E-state index is 12.3. The van der Waals surface area contributed by atoms with Crippen LogP contribution in [0.25, 0.3) is 0 Å². The average molecular weight is 352 g/mol. The number of benzene rings is 1. The van der Waals surface area contributed by atoms with E-state index in [1.165, 1.54) is 11.1 Å². The van der Waals surface area contributed by atoms with Gasteiger partial charge in [0.25, 0.3) is 10.1 Å². The Morgan fingerprint density at radius 2 is 1.92 bits per heavy atom. The largest absolute Gasteiger partial charge is 0.312 e. The van der Waals surface area contributed by atoms with Crippen molar-refractivity contribution in [2.45, 2.75) is 25.7 Å². The van der Waals surface area contributed by atoms with Crippen LogP contribution in [0.3, 0.4) is 0 Å².